The molecule has 0 bridgehead atoms. The van der Waals surface area contributed by atoms with Gasteiger partial charge < -0.3 is 27.0 Å². The number of piperazine rings is 1. The second kappa shape index (κ2) is 7.47. The predicted molar refractivity (Wildman–Crippen MR) is 95.7 cm³/mol. The second-order valence-corrected chi connectivity index (χ2v) is 6.11. The lowest BCUT2D eigenvalue weighted by Gasteiger charge is -2.35. The van der Waals surface area contributed by atoms with Gasteiger partial charge in [0.1, 0.15) is 5.82 Å². The third-order valence-electron chi connectivity index (χ3n) is 3.56. The lowest BCUT2D eigenvalue weighted by Crippen LogP contribution is -2.48. The first-order chi connectivity index (χ1) is 11.3. The Morgan fingerprint density at radius 3 is 2.38 bits per heavy atom. The van der Waals surface area contributed by atoms with E-state index in [2.05, 4.69) is 25.9 Å². The second-order valence-electron chi connectivity index (χ2n) is 5.25. The van der Waals surface area contributed by atoms with Gasteiger partial charge in [-0.1, -0.05) is 0 Å². The molecule has 10 heteroatoms. The van der Waals surface area contributed by atoms with E-state index >= 15 is 0 Å². The number of hydrogen-bond acceptors (Lipinski definition) is 3. The minimum atomic E-state index is -0.439. The first-order valence-corrected chi connectivity index (χ1v) is 8.00. The van der Waals surface area contributed by atoms with Crippen molar-refractivity contribution < 1.29 is 9.18 Å². The molecule has 1 aliphatic rings. The molecule has 1 saturated heterocycles. The smallest absolute Gasteiger partial charge is 0.223 e. The van der Waals surface area contributed by atoms with Crippen LogP contribution >= 0.6 is 15.9 Å². The number of carbonyl (C=O) groups excluding carboxylic acids is 1. The van der Waals surface area contributed by atoms with Crippen molar-refractivity contribution in [2.75, 3.05) is 31.1 Å². The van der Waals surface area contributed by atoms with Crippen molar-refractivity contribution in [3.8, 4) is 0 Å². The van der Waals surface area contributed by atoms with Gasteiger partial charge in [0, 0.05) is 43.6 Å². The van der Waals surface area contributed by atoms with Crippen molar-refractivity contribution >= 4 is 45.1 Å². The highest BCUT2D eigenvalue weighted by Gasteiger charge is 2.21. The molecule has 1 aromatic rings. The average Bonchev–Trinajstić information content (AvgIpc) is 2.50. The minimum Gasteiger partial charge on any atom is -0.370 e. The lowest BCUT2D eigenvalue weighted by atomic mass is 10.2. The number of aliphatic imine (C=N–C) groups is 2. The van der Waals surface area contributed by atoms with E-state index in [1.807, 2.05) is 4.90 Å². The van der Waals surface area contributed by atoms with E-state index in [1.165, 1.54) is 13.0 Å². The van der Waals surface area contributed by atoms with Crippen LogP contribution in [0.15, 0.2) is 26.6 Å². The first-order valence-electron chi connectivity index (χ1n) is 7.21. The van der Waals surface area contributed by atoms with E-state index in [1.54, 1.807) is 11.0 Å². The van der Waals surface area contributed by atoms with Crippen LogP contribution in [-0.4, -0.2) is 48.9 Å². The third kappa shape index (κ3) is 4.34. The summed E-state index contributed by atoms with van der Waals surface area (Å²) in [6.07, 6.45) is 0. The molecule has 6 N–H and O–H groups in total. The van der Waals surface area contributed by atoms with E-state index in [0.29, 0.717) is 36.3 Å². The van der Waals surface area contributed by atoms with Crippen LogP contribution in [0.4, 0.5) is 15.8 Å². The Hall–Kier alpha value is -2.36. The Bertz CT molecular complexity index is 695. The molecule has 0 spiro atoms. The molecule has 0 aromatic heterocycles. The molecule has 0 saturated carbocycles. The maximum absolute atomic E-state index is 14.4. The highest BCUT2D eigenvalue weighted by Crippen LogP contribution is 2.33. The quantitative estimate of drug-likeness (QED) is 0.492. The summed E-state index contributed by atoms with van der Waals surface area (Å²) in [5.41, 5.74) is 16.7. The number of rotatable bonds is 2. The summed E-state index contributed by atoms with van der Waals surface area (Å²) in [6, 6.07) is 2.88. The number of anilines is 1. The maximum Gasteiger partial charge on any atom is 0.223 e. The summed E-state index contributed by atoms with van der Waals surface area (Å²) in [4.78, 5) is 22.5. The van der Waals surface area contributed by atoms with Crippen molar-refractivity contribution in [1.29, 1.82) is 0 Å². The molecule has 1 aromatic carbocycles. The van der Waals surface area contributed by atoms with Crippen LogP contribution in [-0.2, 0) is 4.79 Å². The van der Waals surface area contributed by atoms with Gasteiger partial charge in [0.05, 0.1) is 11.4 Å². The van der Waals surface area contributed by atoms with Gasteiger partial charge in [-0.3, -0.25) is 4.79 Å². The molecule has 1 aliphatic heterocycles. The summed E-state index contributed by atoms with van der Waals surface area (Å²) < 4.78 is 15.0. The molecule has 1 fully saturated rings. The Morgan fingerprint density at radius 2 is 1.83 bits per heavy atom. The number of halogens is 2. The van der Waals surface area contributed by atoms with E-state index in [-0.39, 0.29) is 23.5 Å². The van der Waals surface area contributed by atoms with Gasteiger partial charge in [0.15, 0.2) is 5.96 Å². The number of carbonyl (C=O) groups is 1. The van der Waals surface area contributed by atoms with Gasteiger partial charge in [-0.2, -0.15) is 4.99 Å². The van der Waals surface area contributed by atoms with Crippen LogP contribution in [0.5, 0.6) is 0 Å². The van der Waals surface area contributed by atoms with Crippen molar-refractivity contribution in [3.63, 3.8) is 0 Å². The fraction of sp³-hybridized carbons (Fsp3) is 0.357. The molecule has 130 valence electrons. The number of amides is 1. The first kappa shape index (κ1) is 18.0. The van der Waals surface area contributed by atoms with Crippen LogP contribution in [0.3, 0.4) is 0 Å². The molecule has 0 atom stereocenters. The Kier molecular flexibility index (Phi) is 5.60. The van der Waals surface area contributed by atoms with Gasteiger partial charge in [0.25, 0.3) is 0 Å². The summed E-state index contributed by atoms with van der Waals surface area (Å²) in [7, 11) is 0. The normalized spacial score (nSPS) is 15.4. The molecule has 0 radical (unpaired) electrons. The van der Waals surface area contributed by atoms with E-state index < -0.39 is 5.82 Å². The van der Waals surface area contributed by atoms with Crippen molar-refractivity contribution in [2.24, 2.45) is 27.2 Å². The van der Waals surface area contributed by atoms with Crippen LogP contribution in [0.1, 0.15) is 6.92 Å². The number of nitrogens with two attached hydrogens (primary N) is 3. The van der Waals surface area contributed by atoms with Gasteiger partial charge in [0.2, 0.25) is 11.9 Å². The van der Waals surface area contributed by atoms with E-state index in [4.69, 9.17) is 17.2 Å². The van der Waals surface area contributed by atoms with Crippen molar-refractivity contribution in [1.82, 2.24) is 4.90 Å². The fourth-order valence-corrected chi connectivity index (χ4v) is 2.82. The fourth-order valence-electron chi connectivity index (χ4n) is 2.40. The Labute approximate surface area is 147 Å². The van der Waals surface area contributed by atoms with Crippen LogP contribution in [0, 0.1) is 5.82 Å². The van der Waals surface area contributed by atoms with Gasteiger partial charge >= 0.3 is 0 Å². The van der Waals surface area contributed by atoms with Crippen molar-refractivity contribution in [3.05, 3.63) is 22.4 Å². The molecule has 1 amide bonds. The summed E-state index contributed by atoms with van der Waals surface area (Å²) in [6.45, 7) is 3.76. The molecule has 8 nitrogen and oxygen atoms in total. The Balaban J connectivity index is 2.22. The molecule has 1 heterocycles. The zero-order valence-electron chi connectivity index (χ0n) is 13.2. The third-order valence-corrected chi connectivity index (χ3v) is 4.20. The zero-order chi connectivity index (χ0) is 17.9. The van der Waals surface area contributed by atoms with Gasteiger partial charge in [-0.05, 0) is 22.0 Å². The molecule has 0 aliphatic carbocycles. The highest BCUT2D eigenvalue weighted by atomic mass is 79.9. The lowest BCUT2D eigenvalue weighted by molar-refractivity contribution is -0.129. The average molecular weight is 400 g/mol. The van der Waals surface area contributed by atoms with E-state index in [0.717, 1.165) is 0 Å². The summed E-state index contributed by atoms with van der Waals surface area (Å²) in [5, 5.41) is 0. The number of hydrogen-bond donors (Lipinski definition) is 3. The summed E-state index contributed by atoms with van der Waals surface area (Å²) >= 11 is 3.35. The van der Waals surface area contributed by atoms with Crippen LogP contribution < -0.4 is 22.1 Å². The number of nitrogens with zero attached hydrogens (tertiary/aromatic N) is 4. The van der Waals surface area contributed by atoms with Crippen LogP contribution in [0.2, 0.25) is 0 Å². The highest BCUT2D eigenvalue weighted by molar-refractivity contribution is 9.10. The molecule has 0 unspecified atom stereocenters. The largest absolute Gasteiger partial charge is 0.370 e. The monoisotopic (exact) mass is 399 g/mol. The van der Waals surface area contributed by atoms with E-state index in [9.17, 15) is 9.18 Å². The van der Waals surface area contributed by atoms with Gasteiger partial charge in [-0.15, -0.1) is 0 Å². The van der Waals surface area contributed by atoms with Gasteiger partial charge in [-0.25, -0.2) is 9.38 Å². The Morgan fingerprint density at radius 1 is 1.21 bits per heavy atom. The number of guanidine groups is 2. The predicted octanol–water partition coefficient (Wildman–Crippen LogP) is 0.476. The van der Waals surface area contributed by atoms with Crippen molar-refractivity contribution in [2.45, 2.75) is 6.92 Å². The SMILES string of the molecule is CC(=O)N1CCN(c2cc(Br)c(N=C(N)N=C(N)N)cc2F)CC1. The van der Waals surface area contributed by atoms with Crippen LogP contribution in [0.25, 0.3) is 0 Å². The minimum absolute atomic E-state index is 0.0243. The summed E-state index contributed by atoms with van der Waals surface area (Å²) in [5.74, 6) is -0.812. The topological polar surface area (TPSA) is 126 Å². The number of benzene rings is 1. The standard InChI is InChI=1S/C14H19BrFN7O/c1-8(24)22-2-4-23(5-3-22)12-6-9(15)11(7-10(12)16)20-14(19)21-13(17)18/h6-7H,2-5H2,1H3,(H6,17,18,19,20,21). The molecule has 24 heavy (non-hydrogen) atoms. The zero-order valence-corrected chi connectivity index (χ0v) is 14.8. The maximum atomic E-state index is 14.4. The molecule has 2 rings (SSSR count). The molecular formula is C14H19BrFN7O. The molecular weight excluding hydrogens is 381 g/mol.